The van der Waals surface area contributed by atoms with E-state index in [1.807, 2.05) is 0 Å². The normalized spacial score (nSPS) is 17.9. The van der Waals surface area contributed by atoms with Crippen LogP contribution in [0.25, 0.3) is 0 Å². The van der Waals surface area contributed by atoms with Crippen molar-refractivity contribution >= 4 is 29.2 Å². The van der Waals surface area contributed by atoms with Crippen molar-refractivity contribution in [2.45, 2.75) is 55.7 Å². The number of rotatable bonds is 12. The van der Waals surface area contributed by atoms with Gasteiger partial charge in [0.25, 0.3) is 0 Å². The number of nitrogens with zero attached hydrogens (tertiary/aromatic N) is 2. The van der Waals surface area contributed by atoms with Gasteiger partial charge in [0.05, 0.1) is 42.6 Å². The van der Waals surface area contributed by atoms with E-state index in [4.69, 9.17) is 4.52 Å². The first kappa shape index (κ1) is 28.4. The number of sulfone groups is 1. The minimum Gasteiger partial charge on any atom is -0.375 e. The van der Waals surface area contributed by atoms with Crippen LogP contribution in [0.1, 0.15) is 62.0 Å². The Hall–Kier alpha value is -2.21. The predicted molar refractivity (Wildman–Crippen MR) is 132 cm³/mol. The zero-order valence-corrected chi connectivity index (χ0v) is 22.2. The van der Waals surface area contributed by atoms with Gasteiger partial charge in [-0.2, -0.15) is 0 Å². The lowest BCUT2D eigenvalue weighted by atomic mass is 9.87. The van der Waals surface area contributed by atoms with Gasteiger partial charge in [0.15, 0.2) is 15.7 Å². The molecule has 2 aromatic rings. The standard InChI is InChI=1S/C23H32N3O8PS/c1-4-33-35(29,34-32-2)23(28)20-14-25-21(15-24-20)26-22(27)19(13-16-7-5-6-8-16)17-9-11-18(12-10-17)36(3,30)31/h9-12,14-16,19,23,28H,4-8,13H2,1-3H3,(H,25,26,27)/t19-,23?,35?/m1/s1. The molecule has 1 heterocycles. The van der Waals surface area contributed by atoms with Crippen molar-refractivity contribution in [1.82, 2.24) is 9.97 Å². The van der Waals surface area contributed by atoms with Crippen molar-refractivity contribution < 1.29 is 37.0 Å². The minimum atomic E-state index is -4.06. The summed E-state index contributed by atoms with van der Waals surface area (Å²) >= 11 is 0. The van der Waals surface area contributed by atoms with E-state index < -0.39 is 29.2 Å². The van der Waals surface area contributed by atoms with Crippen LogP contribution in [0.15, 0.2) is 41.6 Å². The highest BCUT2D eigenvalue weighted by Gasteiger charge is 2.38. The summed E-state index contributed by atoms with van der Waals surface area (Å²) in [5, 5.41) is 13.2. The monoisotopic (exact) mass is 541 g/mol. The van der Waals surface area contributed by atoms with Gasteiger partial charge < -0.3 is 14.9 Å². The average Bonchev–Trinajstić information content (AvgIpc) is 3.36. The fourth-order valence-electron chi connectivity index (χ4n) is 4.25. The summed E-state index contributed by atoms with van der Waals surface area (Å²) in [6, 6.07) is 6.35. The van der Waals surface area contributed by atoms with Crippen LogP contribution in [0.5, 0.6) is 0 Å². The summed E-state index contributed by atoms with van der Waals surface area (Å²) < 4.78 is 46.0. The van der Waals surface area contributed by atoms with Crippen LogP contribution >= 0.6 is 7.60 Å². The molecule has 2 N–H and O–H groups in total. The van der Waals surface area contributed by atoms with Crippen LogP contribution in [0.2, 0.25) is 0 Å². The molecular weight excluding hydrogens is 509 g/mol. The summed E-state index contributed by atoms with van der Waals surface area (Å²) in [5.74, 6) is -2.02. The number of aliphatic hydroxyl groups excluding tert-OH is 1. The number of hydrogen-bond donors (Lipinski definition) is 2. The van der Waals surface area contributed by atoms with Crippen LogP contribution in [0.4, 0.5) is 5.82 Å². The molecule has 1 saturated carbocycles. The molecule has 0 spiro atoms. The Morgan fingerprint density at radius 1 is 1.19 bits per heavy atom. The van der Waals surface area contributed by atoms with Gasteiger partial charge in [-0.1, -0.05) is 37.8 Å². The number of aliphatic hydroxyl groups is 1. The second-order valence-corrected chi connectivity index (χ2v) is 12.7. The average molecular weight is 542 g/mol. The third-order valence-electron chi connectivity index (χ3n) is 6.05. The van der Waals surface area contributed by atoms with Gasteiger partial charge >= 0.3 is 7.60 Å². The number of anilines is 1. The molecule has 3 atom stereocenters. The van der Waals surface area contributed by atoms with Gasteiger partial charge in [-0.25, -0.2) is 18.3 Å². The van der Waals surface area contributed by atoms with E-state index in [1.165, 1.54) is 18.3 Å². The Morgan fingerprint density at radius 3 is 2.39 bits per heavy atom. The second kappa shape index (κ2) is 12.4. The SMILES string of the molecule is CCOP(=O)(OOC)C(O)c1cnc(NC(=O)[C@H](CC2CCCC2)c2ccc(S(C)(=O)=O)cc2)cn1. The number of aromatic nitrogens is 2. The van der Waals surface area contributed by atoms with E-state index in [-0.39, 0.29) is 28.9 Å². The van der Waals surface area contributed by atoms with E-state index in [2.05, 4.69) is 24.8 Å². The fraction of sp³-hybridized carbons (Fsp3) is 0.522. The van der Waals surface area contributed by atoms with Crippen molar-refractivity contribution in [2.24, 2.45) is 5.92 Å². The first-order valence-corrected chi connectivity index (χ1v) is 15.1. The van der Waals surface area contributed by atoms with Gasteiger partial charge in [-0.15, -0.1) is 4.67 Å². The molecule has 36 heavy (non-hydrogen) atoms. The zero-order valence-electron chi connectivity index (χ0n) is 20.5. The molecule has 13 heteroatoms. The first-order chi connectivity index (χ1) is 17.1. The van der Waals surface area contributed by atoms with Crippen molar-refractivity contribution in [3.8, 4) is 0 Å². The molecule has 0 saturated heterocycles. The molecular formula is C23H32N3O8PS. The second-order valence-electron chi connectivity index (χ2n) is 8.67. The number of benzene rings is 1. The topological polar surface area (TPSA) is 154 Å². The molecule has 1 aliphatic rings. The zero-order chi connectivity index (χ0) is 26.3. The Balaban J connectivity index is 1.78. The maximum atomic E-state index is 13.3. The largest absolute Gasteiger partial charge is 0.391 e. The summed E-state index contributed by atoms with van der Waals surface area (Å²) in [6.07, 6.45) is 8.50. The highest BCUT2D eigenvalue weighted by atomic mass is 32.2. The lowest BCUT2D eigenvalue weighted by Crippen LogP contribution is -2.24. The van der Waals surface area contributed by atoms with E-state index in [0.29, 0.717) is 17.9 Å². The van der Waals surface area contributed by atoms with Crippen molar-refractivity contribution in [2.75, 3.05) is 25.3 Å². The molecule has 1 fully saturated rings. The molecule has 2 unspecified atom stereocenters. The number of carbonyl (C=O) groups is 1. The number of nitrogens with one attached hydrogen (secondary N) is 1. The van der Waals surface area contributed by atoms with Crippen molar-refractivity contribution in [3.63, 3.8) is 0 Å². The van der Waals surface area contributed by atoms with Crippen molar-refractivity contribution in [1.29, 1.82) is 0 Å². The Bertz CT molecular complexity index is 1160. The molecule has 3 rings (SSSR count). The van der Waals surface area contributed by atoms with Gasteiger partial charge in [-0.3, -0.25) is 14.3 Å². The predicted octanol–water partition coefficient (Wildman–Crippen LogP) is 3.98. The first-order valence-electron chi connectivity index (χ1n) is 11.6. The Kier molecular flexibility index (Phi) is 9.73. The highest BCUT2D eigenvalue weighted by Crippen LogP contribution is 2.59. The molecule has 198 valence electrons. The molecule has 1 aliphatic carbocycles. The van der Waals surface area contributed by atoms with Crippen LogP contribution in [0, 0.1) is 5.92 Å². The Morgan fingerprint density at radius 2 is 1.86 bits per heavy atom. The van der Waals surface area contributed by atoms with Crippen LogP contribution in [-0.2, 0) is 33.3 Å². The smallest absolute Gasteiger partial charge is 0.375 e. The molecule has 0 radical (unpaired) electrons. The summed E-state index contributed by atoms with van der Waals surface area (Å²) in [6.45, 7) is 1.59. The fourth-order valence-corrected chi connectivity index (χ4v) is 6.17. The maximum Gasteiger partial charge on any atom is 0.391 e. The van der Waals surface area contributed by atoms with Gasteiger partial charge in [0.2, 0.25) is 11.8 Å². The highest BCUT2D eigenvalue weighted by molar-refractivity contribution is 7.90. The number of carbonyl (C=O) groups excluding carboxylic acids is 1. The number of hydrogen-bond acceptors (Lipinski definition) is 10. The molecule has 11 nitrogen and oxygen atoms in total. The molecule has 1 aromatic heterocycles. The van der Waals surface area contributed by atoms with Gasteiger partial charge in [0.1, 0.15) is 0 Å². The summed E-state index contributed by atoms with van der Waals surface area (Å²) in [4.78, 5) is 26.1. The lowest BCUT2D eigenvalue weighted by molar-refractivity contribution is -0.192. The molecule has 0 aliphatic heterocycles. The molecule has 1 aromatic carbocycles. The van der Waals surface area contributed by atoms with Gasteiger partial charge in [-0.05, 0) is 37.0 Å². The quantitative estimate of drug-likeness (QED) is 0.229. The van der Waals surface area contributed by atoms with Gasteiger partial charge in [0, 0.05) is 6.26 Å². The minimum absolute atomic E-state index is 0.00676. The van der Waals surface area contributed by atoms with Crippen LogP contribution in [-0.4, -0.2) is 49.4 Å². The van der Waals surface area contributed by atoms with Crippen molar-refractivity contribution in [3.05, 3.63) is 47.9 Å². The van der Waals surface area contributed by atoms with E-state index in [9.17, 15) is 22.9 Å². The van der Waals surface area contributed by atoms with Crippen LogP contribution < -0.4 is 5.32 Å². The third-order valence-corrected chi connectivity index (χ3v) is 9.01. The summed E-state index contributed by atoms with van der Waals surface area (Å²) in [7, 11) is -6.28. The van der Waals surface area contributed by atoms with E-state index in [1.54, 1.807) is 19.1 Å². The molecule has 0 bridgehead atoms. The van der Waals surface area contributed by atoms with E-state index in [0.717, 1.165) is 45.2 Å². The van der Waals surface area contributed by atoms with Crippen LogP contribution in [0.3, 0.4) is 0 Å². The lowest BCUT2D eigenvalue weighted by Gasteiger charge is -2.21. The molecule has 1 amide bonds. The third kappa shape index (κ3) is 7.18. The summed E-state index contributed by atoms with van der Waals surface area (Å²) in [5.41, 5.74) is 0.627. The maximum absolute atomic E-state index is 13.3. The number of amides is 1. The van der Waals surface area contributed by atoms with E-state index >= 15 is 0 Å². The Labute approximate surface area is 211 Å².